The second-order valence-electron chi connectivity index (χ2n) is 9.82. The molecule has 4 aromatic carbocycles. The number of hydrogen-bond acceptors (Lipinski definition) is 0. The van der Waals surface area contributed by atoms with Crippen LogP contribution in [0.4, 0.5) is 0 Å². The summed E-state index contributed by atoms with van der Waals surface area (Å²) in [6.07, 6.45) is 5.98. The molecule has 0 aliphatic heterocycles. The number of benzene rings is 4. The van der Waals surface area contributed by atoms with Gasteiger partial charge >= 0.3 is 224 Å². The van der Waals surface area contributed by atoms with Crippen LogP contribution in [-0.4, -0.2) is 3.21 Å². The fourth-order valence-corrected chi connectivity index (χ4v) is 16.1. The Morgan fingerprint density at radius 3 is 1.58 bits per heavy atom. The molecule has 0 saturated carbocycles. The summed E-state index contributed by atoms with van der Waals surface area (Å²) in [4.78, 5) is 0. The van der Waals surface area contributed by atoms with Crippen LogP contribution in [0.2, 0.25) is 0 Å². The predicted molar refractivity (Wildman–Crippen MR) is 150 cm³/mol. The second kappa shape index (κ2) is 12.7. The maximum absolute atomic E-state index is 2.61. The molecular formula is C35H32Cl2Zr. The zero-order chi connectivity index (χ0) is 24.5. The molecule has 0 amide bonds. The van der Waals surface area contributed by atoms with Gasteiger partial charge in [0.25, 0.3) is 0 Å². The molecule has 0 N–H and O–H groups in total. The van der Waals surface area contributed by atoms with Gasteiger partial charge in [0.15, 0.2) is 0 Å². The van der Waals surface area contributed by atoms with Crippen molar-refractivity contribution in [1.82, 2.24) is 0 Å². The molecule has 0 spiro atoms. The van der Waals surface area contributed by atoms with Gasteiger partial charge in [0.2, 0.25) is 0 Å². The molecule has 0 unspecified atom stereocenters. The Hall–Kier alpha value is -2.31. The first-order chi connectivity index (χ1) is 17.8. The largest absolute Gasteiger partial charge is 1.00 e. The molecule has 0 aromatic heterocycles. The summed E-state index contributed by atoms with van der Waals surface area (Å²) in [6, 6.07) is 41.0. The van der Waals surface area contributed by atoms with Crippen LogP contribution in [0.5, 0.6) is 0 Å². The minimum absolute atomic E-state index is 0. The third-order valence-corrected chi connectivity index (χ3v) is 16.4. The zero-order valence-electron chi connectivity index (χ0n) is 21.9. The molecule has 0 saturated heterocycles. The molecule has 38 heavy (non-hydrogen) atoms. The van der Waals surface area contributed by atoms with Gasteiger partial charge in [0, 0.05) is 0 Å². The summed E-state index contributed by atoms with van der Waals surface area (Å²) in [5, 5.41) is 0. The van der Waals surface area contributed by atoms with Gasteiger partial charge < -0.3 is 24.8 Å². The van der Waals surface area contributed by atoms with E-state index in [4.69, 9.17) is 0 Å². The normalized spacial score (nSPS) is 13.4. The summed E-state index contributed by atoms with van der Waals surface area (Å²) in [6.45, 7) is 4.68. The van der Waals surface area contributed by atoms with Crippen LogP contribution in [0.3, 0.4) is 0 Å². The van der Waals surface area contributed by atoms with Crippen molar-refractivity contribution in [2.75, 3.05) is 0 Å². The van der Waals surface area contributed by atoms with E-state index in [1.54, 1.807) is 28.8 Å². The molecule has 2 aliphatic rings. The Bertz CT molecular complexity index is 1430. The van der Waals surface area contributed by atoms with Crippen molar-refractivity contribution in [3.05, 3.63) is 152 Å². The fourth-order valence-electron chi connectivity index (χ4n) is 6.16. The molecule has 4 aromatic rings. The number of halogens is 2. The Kier molecular flexibility index (Phi) is 9.59. The molecule has 2 aliphatic carbocycles. The van der Waals surface area contributed by atoms with Crippen molar-refractivity contribution in [1.29, 1.82) is 0 Å². The van der Waals surface area contributed by atoms with Gasteiger partial charge in [-0.1, -0.05) is 0 Å². The maximum atomic E-state index is 2.55. The topological polar surface area (TPSA) is 0 Å². The first-order valence-corrected chi connectivity index (χ1v) is 17.1. The first-order valence-electron chi connectivity index (χ1n) is 13.2. The fraction of sp³-hybridized carbons (Fsp3) is 0.171. The number of allylic oxidation sites excluding steroid dienone is 4. The molecule has 0 heterocycles. The summed E-state index contributed by atoms with van der Waals surface area (Å²) < 4.78 is 3.93. The Balaban J connectivity index is 0.00000168. The van der Waals surface area contributed by atoms with E-state index in [2.05, 4.69) is 129 Å². The second-order valence-corrected chi connectivity index (χ2v) is 16.0. The van der Waals surface area contributed by atoms with Crippen LogP contribution >= 0.6 is 0 Å². The van der Waals surface area contributed by atoms with Gasteiger partial charge in [-0.05, 0) is 0 Å². The van der Waals surface area contributed by atoms with E-state index < -0.39 is 21.3 Å². The quantitative estimate of drug-likeness (QED) is 0.314. The van der Waals surface area contributed by atoms with E-state index in [1.165, 1.54) is 28.7 Å². The van der Waals surface area contributed by atoms with Gasteiger partial charge in [-0.3, -0.25) is 0 Å². The van der Waals surface area contributed by atoms with E-state index in [-0.39, 0.29) is 24.8 Å². The van der Waals surface area contributed by atoms with E-state index >= 15 is 0 Å². The Labute approximate surface area is 247 Å². The van der Waals surface area contributed by atoms with Crippen LogP contribution < -0.4 is 24.8 Å². The molecule has 0 atom stereocenters. The van der Waals surface area contributed by atoms with Crippen molar-refractivity contribution in [2.45, 2.75) is 36.7 Å². The van der Waals surface area contributed by atoms with Gasteiger partial charge in [-0.2, -0.15) is 0 Å². The summed E-state index contributed by atoms with van der Waals surface area (Å²) in [5.74, 6) is 0. The van der Waals surface area contributed by atoms with Gasteiger partial charge in [0.05, 0.1) is 0 Å². The SMILES string of the molecule is CCC1=CC(CC)=[C]([Zr+2](=[C](c2ccccc2)c2ccccc2)[CH]2c3ccccc3-c3ccccc32)C1.[Cl-].[Cl-]. The van der Waals surface area contributed by atoms with Crippen LogP contribution in [0.15, 0.2) is 130 Å². The van der Waals surface area contributed by atoms with E-state index in [1.807, 2.05) is 0 Å². The molecule has 0 nitrogen and oxygen atoms in total. The van der Waals surface area contributed by atoms with Crippen molar-refractivity contribution in [3.63, 3.8) is 0 Å². The number of rotatable bonds is 6. The Morgan fingerprint density at radius 1 is 0.632 bits per heavy atom. The molecule has 3 heteroatoms. The summed E-state index contributed by atoms with van der Waals surface area (Å²) in [5.41, 5.74) is 12.0. The molecule has 0 bridgehead atoms. The molecular weight excluding hydrogens is 583 g/mol. The summed E-state index contributed by atoms with van der Waals surface area (Å²) >= 11 is -2.61. The molecule has 6 rings (SSSR count). The van der Waals surface area contributed by atoms with Crippen LogP contribution in [0, 0.1) is 0 Å². The van der Waals surface area contributed by atoms with Crippen molar-refractivity contribution < 1.29 is 46.1 Å². The van der Waals surface area contributed by atoms with Crippen LogP contribution in [0.1, 0.15) is 59.0 Å². The van der Waals surface area contributed by atoms with Crippen molar-refractivity contribution >= 4 is 3.21 Å². The molecule has 190 valence electrons. The van der Waals surface area contributed by atoms with Gasteiger partial charge in [-0.15, -0.1) is 0 Å². The van der Waals surface area contributed by atoms with E-state index in [0.717, 1.165) is 12.8 Å². The average molecular weight is 615 g/mol. The summed E-state index contributed by atoms with van der Waals surface area (Å²) in [7, 11) is 0. The molecule has 0 radical (unpaired) electrons. The van der Waals surface area contributed by atoms with E-state index in [9.17, 15) is 0 Å². The molecule has 0 fully saturated rings. The first kappa shape index (κ1) is 28.7. The predicted octanol–water partition coefficient (Wildman–Crippen LogP) is 3.06. The standard InChI is InChI=1S/C13H9.C13H10.C9H13.2ClH.Zr/c1-3-7-12-10(5-1)9-11-6-2-4-8-13(11)12;1-3-7-12(8-4-1)11-13-9-5-2-6-10-13;1-3-8-5-6-9(4-2)7-8;;;/h1-9H;1-10H;7H,3-5H2,1-2H3;2*1H;/q;;;;;+2/p-2. The Morgan fingerprint density at radius 2 is 1.11 bits per heavy atom. The monoisotopic (exact) mass is 612 g/mol. The smallest absolute Gasteiger partial charge is 1.00 e. The minimum atomic E-state index is -2.61. The van der Waals surface area contributed by atoms with Gasteiger partial charge in [-0.25, -0.2) is 0 Å². The maximum Gasteiger partial charge on any atom is -1.00 e. The van der Waals surface area contributed by atoms with Gasteiger partial charge in [0.1, 0.15) is 0 Å². The van der Waals surface area contributed by atoms with Crippen molar-refractivity contribution in [3.8, 4) is 11.1 Å². The minimum Gasteiger partial charge on any atom is -1.00 e. The third-order valence-electron chi connectivity index (χ3n) is 7.85. The van der Waals surface area contributed by atoms with E-state index in [0.29, 0.717) is 3.63 Å². The third kappa shape index (κ3) is 5.14. The van der Waals surface area contributed by atoms with Crippen molar-refractivity contribution in [2.24, 2.45) is 0 Å². The average Bonchev–Trinajstić information content (AvgIpc) is 3.52. The number of fused-ring (bicyclic) bond motifs is 3. The van der Waals surface area contributed by atoms with Crippen LogP contribution in [-0.2, 0) is 21.3 Å². The zero-order valence-corrected chi connectivity index (χ0v) is 25.9. The van der Waals surface area contributed by atoms with Crippen LogP contribution in [0.25, 0.3) is 11.1 Å². The number of hydrogen-bond donors (Lipinski definition) is 0.